The topological polar surface area (TPSA) is 83.4 Å². The fourth-order valence-electron chi connectivity index (χ4n) is 4.06. The summed E-state index contributed by atoms with van der Waals surface area (Å²) in [5.74, 6) is -0.386. The second-order valence-corrected chi connectivity index (χ2v) is 8.94. The maximum atomic E-state index is 11.9. The molecule has 5 rings (SSSR count). The van der Waals surface area contributed by atoms with Gasteiger partial charge >= 0.3 is 0 Å². The molecule has 0 bridgehead atoms. The number of hydrogen-bond acceptors (Lipinski definition) is 7. The number of hydrogen-bond donors (Lipinski definition) is 1. The molecule has 2 aliphatic heterocycles. The van der Waals surface area contributed by atoms with E-state index in [1.54, 1.807) is 18.5 Å². The summed E-state index contributed by atoms with van der Waals surface area (Å²) in [6.45, 7) is 8.65. The Morgan fingerprint density at radius 2 is 1.91 bits per heavy atom. The Morgan fingerprint density at radius 1 is 1.09 bits per heavy atom. The summed E-state index contributed by atoms with van der Waals surface area (Å²) in [6, 6.07) is 12.1. The number of nitrogens with zero attached hydrogens (tertiary/aromatic N) is 5. The van der Waals surface area contributed by atoms with Gasteiger partial charge in [-0.15, -0.1) is 0 Å². The zero-order valence-corrected chi connectivity index (χ0v) is 18.6. The van der Waals surface area contributed by atoms with Crippen LogP contribution in [0.25, 0.3) is 22.9 Å². The Hall–Kier alpha value is -3.01. The van der Waals surface area contributed by atoms with Gasteiger partial charge in [0.25, 0.3) is 11.1 Å². The van der Waals surface area contributed by atoms with E-state index in [1.165, 1.54) is 5.56 Å². The summed E-state index contributed by atoms with van der Waals surface area (Å²) < 4.78 is 1.96. The molecule has 2 amide bonds. The number of amides is 2. The molecule has 4 heterocycles. The molecule has 0 unspecified atom stereocenters. The highest BCUT2D eigenvalue weighted by atomic mass is 32.2. The minimum Gasteiger partial charge on any atom is -0.301 e. The van der Waals surface area contributed by atoms with Crippen molar-refractivity contribution in [2.75, 3.05) is 32.7 Å². The number of nitrogens with one attached hydrogen (secondary N) is 1. The predicted molar refractivity (Wildman–Crippen MR) is 125 cm³/mol. The highest BCUT2D eigenvalue weighted by Gasteiger charge is 2.25. The van der Waals surface area contributed by atoms with Crippen molar-refractivity contribution in [1.82, 2.24) is 29.7 Å². The van der Waals surface area contributed by atoms with Gasteiger partial charge in [-0.2, -0.15) is 0 Å². The van der Waals surface area contributed by atoms with E-state index >= 15 is 0 Å². The van der Waals surface area contributed by atoms with Crippen LogP contribution >= 0.6 is 11.8 Å². The number of carbonyl (C=O) groups is 2. The number of rotatable bonds is 5. The highest BCUT2D eigenvalue weighted by Crippen LogP contribution is 2.26. The third-order valence-electron chi connectivity index (χ3n) is 5.84. The van der Waals surface area contributed by atoms with Crippen LogP contribution in [0.3, 0.4) is 0 Å². The minimum atomic E-state index is -0.386. The maximum Gasteiger partial charge on any atom is 0.290 e. The van der Waals surface area contributed by atoms with Crippen molar-refractivity contribution in [2.24, 2.45) is 0 Å². The molecule has 2 aliphatic rings. The molecule has 8 nitrogen and oxygen atoms in total. The second-order valence-electron chi connectivity index (χ2n) is 7.93. The summed E-state index contributed by atoms with van der Waals surface area (Å²) in [5, 5.41) is 1.91. The molecule has 2 fully saturated rings. The van der Waals surface area contributed by atoms with Gasteiger partial charge in [0.15, 0.2) is 5.65 Å². The van der Waals surface area contributed by atoms with Gasteiger partial charge in [0, 0.05) is 38.4 Å². The van der Waals surface area contributed by atoms with Gasteiger partial charge in [0.1, 0.15) is 11.8 Å². The molecule has 1 N–H and O–H groups in total. The van der Waals surface area contributed by atoms with Crippen LogP contribution in [0.5, 0.6) is 0 Å². The van der Waals surface area contributed by atoms with Gasteiger partial charge in [0.2, 0.25) is 0 Å². The van der Waals surface area contributed by atoms with Gasteiger partial charge in [0.05, 0.1) is 10.6 Å². The fourth-order valence-corrected chi connectivity index (χ4v) is 4.73. The van der Waals surface area contributed by atoms with E-state index in [4.69, 9.17) is 4.98 Å². The number of imide groups is 1. The average Bonchev–Trinajstić information content (AvgIpc) is 3.36. The number of aromatic nitrogens is 3. The van der Waals surface area contributed by atoms with Gasteiger partial charge in [-0.1, -0.05) is 19.1 Å². The van der Waals surface area contributed by atoms with Crippen LogP contribution in [0.1, 0.15) is 18.2 Å². The van der Waals surface area contributed by atoms with Crippen molar-refractivity contribution in [3.8, 4) is 5.69 Å². The lowest BCUT2D eigenvalue weighted by molar-refractivity contribution is -0.115. The van der Waals surface area contributed by atoms with Crippen molar-refractivity contribution < 1.29 is 9.59 Å². The number of piperazine rings is 1. The van der Waals surface area contributed by atoms with E-state index in [9.17, 15) is 9.59 Å². The number of fused-ring (bicyclic) bond motifs is 1. The van der Waals surface area contributed by atoms with Crippen LogP contribution < -0.4 is 5.32 Å². The maximum absolute atomic E-state index is 11.9. The molecule has 0 radical (unpaired) electrons. The number of pyridine rings is 1. The molecule has 9 heteroatoms. The predicted octanol–water partition coefficient (Wildman–Crippen LogP) is 2.88. The van der Waals surface area contributed by atoms with Gasteiger partial charge < -0.3 is 4.90 Å². The van der Waals surface area contributed by atoms with Gasteiger partial charge in [-0.25, -0.2) is 9.97 Å². The van der Waals surface area contributed by atoms with Crippen molar-refractivity contribution in [1.29, 1.82) is 0 Å². The lowest BCUT2D eigenvalue weighted by atomic mass is 10.1. The molecule has 2 aromatic heterocycles. The lowest BCUT2D eigenvalue weighted by Gasteiger charge is -2.34. The molecule has 2 saturated heterocycles. The summed E-state index contributed by atoms with van der Waals surface area (Å²) in [6.07, 6.45) is 3.41. The normalized spacial score (nSPS) is 19.2. The van der Waals surface area contributed by atoms with Crippen LogP contribution in [0, 0.1) is 0 Å². The highest BCUT2D eigenvalue weighted by molar-refractivity contribution is 8.18. The molecule has 0 aliphatic carbocycles. The summed E-state index contributed by atoms with van der Waals surface area (Å²) in [4.78, 5) is 37.8. The Labute approximate surface area is 190 Å². The number of likely N-dealkylation sites (N-methyl/N-ethyl adjacent to an activating group) is 1. The largest absolute Gasteiger partial charge is 0.301 e. The molecule has 32 heavy (non-hydrogen) atoms. The minimum absolute atomic E-state index is 0.345. The lowest BCUT2D eigenvalue weighted by Crippen LogP contribution is -2.45. The second kappa shape index (κ2) is 8.85. The van der Waals surface area contributed by atoms with Crippen molar-refractivity contribution in [3.63, 3.8) is 0 Å². The standard InChI is InChI=1S/C23H24N6O2S/c1-2-27-8-10-28(11-9-27)14-16-4-3-5-18(12-16)29-15-24-19-7-6-17(25-21(19)29)13-20-22(30)26-23(31)32-20/h3-7,12-13,15H,2,8-11,14H2,1H3,(H,26,30,31). The third-order valence-corrected chi connectivity index (χ3v) is 6.66. The molecular formula is C23H24N6O2S. The Balaban J connectivity index is 1.40. The van der Waals surface area contributed by atoms with Crippen LogP contribution in [0.15, 0.2) is 47.6 Å². The molecule has 3 aromatic rings. The first-order chi connectivity index (χ1) is 15.6. The van der Waals surface area contributed by atoms with Gasteiger partial charge in [-0.05, 0) is 54.2 Å². The Morgan fingerprint density at radius 3 is 2.66 bits per heavy atom. The first kappa shape index (κ1) is 20.9. The number of carbonyl (C=O) groups excluding carboxylic acids is 2. The van der Waals surface area contributed by atoms with E-state index < -0.39 is 0 Å². The molecule has 0 spiro atoms. The molecule has 0 saturated carbocycles. The summed E-state index contributed by atoms with van der Waals surface area (Å²) in [7, 11) is 0. The van der Waals surface area contributed by atoms with Crippen LogP contribution in [0.2, 0.25) is 0 Å². The van der Waals surface area contributed by atoms with Crippen molar-refractivity contribution in [2.45, 2.75) is 13.5 Å². The molecule has 0 atom stereocenters. The quantitative estimate of drug-likeness (QED) is 0.601. The van der Waals surface area contributed by atoms with E-state index in [2.05, 4.69) is 45.2 Å². The zero-order valence-electron chi connectivity index (χ0n) is 17.8. The zero-order chi connectivity index (χ0) is 22.1. The molecular weight excluding hydrogens is 424 g/mol. The van der Waals surface area contributed by atoms with Gasteiger partial charge in [-0.3, -0.25) is 24.4 Å². The SMILES string of the molecule is CCN1CCN(Cc2cccc(-n3cnc4ccc(C=C5SC(=O)NC5=O)nc43)c2)CC1. The first-order valence-electron chi connectivity index (χ1n) is 10.7. The van der Waals surface area contributed by atoms with Crippen molar-refractivity contribution >= 4 is 40.1 Å². The molecule has 1 aromatic carbocycles. The monoisotopic (exact) mass is 448 g/mol. The van der Waals surface area contributed by atoms with Crippen LogP contribution in [-0.2, 0) is 11.3 Å². The smallest absolute Gasteiger partial charge is 0.290 e. The fraction of sp³-hybridized carbons (Fsp3) is 0.304. The number of benzene rings is 1. The van der Waals surface area contributed by atoms with E-state index in [0.717, 1.165) is 62.2 Å². The first-order valence-corrected chi connectivity index (χ1v) is 11.5. The van der Waals surface area contributed by atoms with E-state index in [0.29, 0.717) is 16.2 Å². The average molecular weight is 449 g/mol. The van der Waals surface area contributed by atoms with E-state index in [1.807, 2.05) is 16.7 Å². The van der Waals surface area contributed by atoms with Crippen LogP contribution in [0.4, 0.5) is 4.79 Å². The third kappa shape index (κ3) is 4.32. The number of imidazole rings is 1. The number of thioether (sulfide) groups is 1. The van der Waals surface area contributed by atoms with Crippen LogP contribution in [-0.4, -0.2) is 68.2 Å². The van der Waals surface area contributed by atoms with E-state index in [-0.39, 0.29) is 11.1 Å². The Kier molecular flexibility index (Phi) is 5.77. The summed E-state index contributed by atoms with van der Waals surface area (Å²) >= 11 is 0.888. The van der Waals surface area contributed by atoms with Crippen molar-refractivity contribution in [3.05, 3.63) is 58.9 Å². The molecule has 164 valence electrons. The summed E-state index contributed by atoms with van der Waals surface area (Å²) in [5.41, 5.74) is 4.34. The Bertz CT molecular complexity index is 1210.